The summed E-state index contributed by atoms with van der Waals surface area (Å²) < 4.78 is 1.99. The van der Waals surface area contributed by atoms with E-state index in [1.807, 2.05) is 22.9 Å². The topological polar surface area (TPSA) is 38.1 Å². The van der Waals surface area contributed by atoms with Gasteiger partial charge in [0.2, 0.25) is 0 Å². The first-order valence-electron chi connectivity index (χ1n) is 8.06. The minimum atomic E-state index is 0.518. The van der Waals surface area contributed by atoms with Crippen LogP contribution in [0.4, 0.5) is 0 Å². The van der Waals surface area contributed by atoms with Crippen LogP contribution in [0.5, 0.6) is 0 Å². The maximum atomic E-state index is 11.4. The molecule has 0 bridgehead atoms. The van der Waals surface area contributed by atoms with Crippen molar-refractivity contribution in [1.29, 1.82) is 0 Å². The first-order chi connectivity index (χ1) is 10.8. The number of aromatic nitrogens is 2. The molecule has 2 atom stereocenters. The molecular formula is C18H23N3O. The van der Waals surface area contributed by atoms with E-state index in [2.05, 4.69) is 29.8 Å². The van der Waals surface area contributed by atoms with Crippen LogP contribution in [0.15, 0.2) is 36.9 Å². The van der Waals surface area contributed by atoms with Crippen molar-refractivity contribution in [3.8, 4) is 5.69 Å². The number of imidazole rings is 1. The molecule has 1 aromatic carbocycles. The SMILES string of the molecule is CCN(CC)CC1CC1c1cc(-n2ccnc2)ccc1C=O. The number of rotatable bonds is 7. The molecule has 2 aromatic rings. The van der Waals surface area contributed by atoms with Crippen molar-refractivity contribution in [3.05, 3.63) is 48.0 Å². The lowest BCUT2D eigenvalue weighted by molar-refractivity contribution is 0.112. The Morgan fingerprint density at radius 1 is 1.36 bits per heavy atom. The molecule has 1 aliphatic rings. The second kappa shape index (κ2) is 6.44. The summed E-state index contributed by atoms with van der Waals surface area (Å²) in [5.74, 6) is 1.20. The first-order valence-corrected chi connectivity index (χ1v) is 8.06. The Hall–Kier alpha value is -1.94. The maximum absolute atomic E-state index is 11.4. The van der Waals surface area contributed by atoms with Gasteiger partial charge in [-0.2, -0.15) is 0 Å². The van der Waals surface area contributed by atoms with Crippen LogP contribution in [0.3, 0.4) is 0 Å². The minimum absolute atomic E-state index is 0.518. The van der Waals surface area contributed by atoms with Crippen LogP contribution in [-0.4, -0.2) is 40.4 Å². The van der Waals surface area contributed by atoms with Crippen molar-refractivity contribution >= 4 is 6.29 Å². The molecule has 1 fully saturated rings. The molecule has 4 nitrogen and oxygen atoms in total. The van der Waals surface area contributed by atoms with E-state index < -0.39 is 0 Å². The molecule has 0 aliphatic heterocycles. The third kappa shape index (κ3) is 2.97. The van der Waals surface area contributed by atoms with Crippen LogP contribution in [0, 0.1) is 5.92 Å². The Morgan fingerprint density at radius 3 is 2.82 bits per heavy atom. The largest absolute Gasteiger partial charge is 0.306 e. The highest BCUT2D eigenvalue weighted by molar-refractivity contribution is 5.78. The summed E-state index contributed by atoms with van der Waals surface area (Å²) in [6.45, 7) is 7.73. The van der Waals surface area contributed by atoms with E-state index >= 15 is 0 Å². The van der Waals surface area contributed by atoms with Crippen LogP contribution >= 0.6 is 0 Å². The summed E-state index contributed by atoms with van der Waals surface area (Å²) in [6.07, 6.45) is 7.66. The zero-order chi connectivity index (χ0) is 15.5. The molecular weight excluding hydrogens is 274 g/mol. The van der Waals surface area contributed by atoms with E-state index in [9.17, 15) is 4.79 Å². The van der Waals surface area contributed by atoms with Gasteiger partial charge in [0.05, 0.1) is 6.33 Å². The van der Waals surface area contributed by atoms with Crippen molar-refractivity contribution in [2.45, 2.75) is 26.2 Å². The molecule has 1 saturated carbocycles. The normalized spacial score (nSPS) is 20.3. The van der Waals surface area contributed by atoms with Gasteiger partial charge in [0.25, 0.3) is 0 Å². The second-order valence-electron chi connectivity index (χ2n) is 5.99. The van der Waals surface area contributed by atoms with E-state index in [0.717, 1.165) is 37.2 Å². The van der Waals surface area contributed by atoms with Crippen molar-refractivity contribution in [2.24, 2.45) is 5.92 Å². The lowest BCUT2D eigenvalue weighted by Gasteiger charge is -2.18. The number of aldehydes is 1. The fourth-order valence-electron chi connectivity index (χ4n) is 3.21. The maximum Gasteiger partial charge on any atom is 0.150 e. The number of carbonyl (C=O) groups excluding carboxylic acids is 1. The fraction of sp³-hybridized carbons (Fsp3) is 0.444. The molecule has 1 aliphatic carbocycles. The Bertz CT molecular complexity index is 632. The van der Waals surface area contributed by atoms with Gasteiger partial charge in [-0.3, -0.25) is 4.79 Å². The molecule has 2 unspecified atom stereocenters. The van der Waals surface area contributed by atoms with Gasteiger partial charge in [0, 0.05) is 30.2 Å². The molecule has 0 saturated heterocycles. The average molecular weight is 297 g/mol. The second-order valence-corrected chi connectivity index (χ2v) is 5.99. The van der Waals surface area contributed by atoms with Gasteiger partial charge in [-0.15, -0.1) is 0 Å². The third-order valence-electron chi connectivity index (χ3n) is 4.71. The highest BCUT2D eigenvalue weighted by atomic mass is 16.1. The molecule has 0 radical (unpaired) electrons. The zero-order valence-electron chi connectivity index (χ0n) is 13.3. The summed E-state index contributed by atoms with van der Waals surface area (Å²) in [6, 6.07) is 6.07. The Labute approximate surface area is 131 Å². The number of nitrogens with zero attached hydrogens (tertiary/aromatic N) is 3. The summed E-state index contributed by atoms with van der Waals surface area (Å²) in [5.41, 5.74) is 3.10. The standard InChI is InChI=1S/C18H23N3O/c1-3-20(4-2)11-15-9-17(15)18-10-16(6-5-14(18)12-22)21-8-7-19-13-21/h5-8,10,12-13,15,17H,3-4,9,11H2,1-2H3. The summed E-state index contributed by atoms with van der Waals surface area (Å²) in [7, 11) is 0. The van der Waals surface area contributed by atoms with E-state index in [1.54, 1.807) is 12.5 Å². The van der Waals surface area contributed by atoms with Gasteiger partial charge < -0.3 is 9.47 Å². The van der Waals surface area contributed by atoms with Crippen molar-refractivity contribution in [3.63, 3.8) is 0 Å². The van der Waals surface area contributed by atoms with E-state index in [0.29, 0.717) is 11.8 Å². The third-order valence-corrected chi connectivity index (χ3v) is 4.71. The van der Waals surface area contributed by atoms with Gasteiger partial charge >= 0.3 is 0 Å². The van der Waals surface area contributed by atoms with Crippen LogP contribution in [-0.2, 0) is 0 Å². The van der Waals surface area contributed by atoms with Gasteiger partial charge in [0.15, 0.2) is 0 Å². The monoisotopic (exact) mass is 297 g/mol. The minimum Gasteiger partial charge on any atom is -0.306 e. The molecule has 0 N–H and O–H groups in total. The molecule has 4 heteroatoms. The van der Waals surface area contributed by atoms with E-state index in [1.165, 1.54) is 12.0 Å². The first kappa shape index (κ1) is 15.0. The average Bonchev–Trinajstić information content (AvgIpc) is 3.10. The van der Waals surface area contributed by atoms with Crippen LogP contribution < -0.4 is 0 Å². The number of hydrogen-bond acceptors (Lipinski definition) is 3. The highest BCUT2D eigenvalue weighted by Gasteiger charge is 2.40. The quantitative estimate of drug-likeness (QED) is 0.737. The highest BCUT2D eigenvalue weighted by Crippen LogP contribution is 2.49. The Balaban J connectivity index is 1.81. The van der Waals surface area contributed by atoms with Crippen LogP contribution in [0.1, 0.15) is 42.1 Å². The number of benzene rings is 1. The van der Waals surface area contributed by atoms with Crippen LogP contribution in [0.2, 0.25) is 0 Å². The molecule has 22 heavy (non-hydrogen) atoms. The van der Waals surface area contributed by atoms with Gasteiger partial charge in [0.1, 0.15) is 6.29 Å². The predicted octanol–water partition coefficient (Wildman–Crippen LogP) is 3.13. The summed E-state index contributed by atoms with van der Waals surface area (Å²) in [4.78, 5) is 17.9. The zero-order valence-corrected chi connectivity index (χ0v) is 13.3. The van der Waals surface area contributed by atoms with E-state index in [-0.39, 0.29) is 0 Å². The summed E-state index contributed by atoms with van der Waals surface area (Å²) in [5, 5.41) is 0. The van der Waals surface area contributed by atoms with Gasteiger partial charge in [-0.25, -0.2) is 4.98 Å². The van der Waals surface area contributed by atoms with Gasteiger partial charge in [-0.05, 0) is 55.1 Å². The van der Waals surface area contributed by atoms with Gasteiger partial charge in [-0.1, -0.05) is 13.8 Å². The number of carbonyl (C=O) groups is 1. The molecule has 0 amide bonds. The predicted molar refractivity (Wildman–Crippen MR) is 87.6 cm³/mol. The summed E-state index contributed by atoms with van der Waals surface area (Å²) >= 11 is 0. The lowest BCUT2D eigenvalue weighted by Crippen LogP contribution is -2.25. The van der Waals surface area contributed by atoms with Crippen molar-refractivity contribution < 1.29 is 4.79 Å². The van der Waals surface area contributed by atoms with Crippen molar-refractivity contribution in [2.75, 3.05) is 19.6 Å². The van der Waals surface area contributed by atoms with Crippen molar-refractivity contribution in [1.82, 2.24) is 14.5 Å². The Morgan fingerprint density at radius 2 is 2.18 bits per heavy atom. The molecule has 3 rings (SSSR count). The molecule has 1 aromatic heterocycles. The number of hydrogen-bond donors (Lipinski definition) is 0. The van der Waals surface area contributed by atoms with E-state index in [4.69, 9.17) is 0 Å². The molecule has 116 valence electrons. The molecule has 1 heterocycles. The molecule has 0 spiro atoms. The van der Waals surface area contributed by atoms with Crippen LogP contribution in [0.25, 0.3) is 5.69 Å². The fourth-order valence-corrected chi connectivity index (χ4v) is 3.21. The Kier molecular flexibility index (Phi) is 4.39. The lowest BCUT2D eigenvalue weighted by atomic mass is 10.0. The smallest absolute Gasteiger partial charge is 0.150 e.